The van der Waals surface area contributed by atoms with Crippen molar-refractivity contribution in [2.24, 2.45) is 0 Å². The molecule has 0 radical (unpaired) electrons. The lowest BCUT2D eigenvalue weighted by molar-refractivity contribution is -0.140. The number of anilines is 1. The number of benzene rings is 3. The monoisotopic (exact) mass is 462 g/mol. The van der Waals surface area contributed by atoms with Gasteiger partial charge >= 0.3 is 5.97 Å². The van der Waals surface area contributed by atoms with Crippen LogP contribution in [-0.2, 0) is 21.4 Å². The van der Waals surface area contributed by atoms with Crippen LogP contribution in [0.25, 0.3) is 11.1 Å². The minimum absolute atomic E-state index is 0.0653. The lowest BCUT2D eigenvalue weighted by Gasteiger charge is -2.35. The van der Waals surface area contributed by atoms with E-state index in [1.807, 2.05) is 42.5 Å². The number of nitrogens with zero attached hydrogens (tertiary/aromatic N) is 1. The molecule has 0 fully saturated rings. The summed E-state index contributed by atoms with van der Waals surface area (Å²) in [6.07, 6.45) is -1.49. The molecule has 1 aliphatic rings. The predicted octanol–water partition coefficient (Wildman–Crippen LogP) is 4.69. The third-order valence-electron chi connectivity index (χ3n) is 4.79. The number of carbonyl (C=O) groups is 1. The minimum Gasteiger partial charge on any atom is -0.479 e. The van der Waals surface area contributed by atoms with Crippen molar-refractivity contribution >= 4 is 44.9 Å². The Morgan fingerprint density at radius 2 is 1.63 bits per heavy atom. The number of carboxylic acids is 1. The first-order valence-corrected chi connectivity index (χ1v) is 11.1. The van der Waals surface area contributed by atoms with Crippen molar-refractivity contribution in [3.8, 4) is 11.1 Å². The highest BCUT2D eigenvalue weighted by molar-refractivity contribution is 7.89. The first kappa shape index (κ1) is 20.7. The summed E-state index contributed by atoms with van der Waals surface area (Å²) in [7, 11) is -4.19. The van der Waals surface area contributed by atoms with Crippen LogP contribution in [0.3, 0.4) is 0 Å². The second-order valence-electron chi connectivity index (χ2n) is 6.76. The average molecular weight is 463 g/mol. The highest BCUT2D eigenvalue weighted by atomic mass is 35.5. The van der Waals surface area contributed by atoms with Gasteiger partial charge in [0.2, 0.25) is 10.0 Å². The fourth-order valence-corrected chi connectivity index (χ4v) is 5.84. The van der Waals surface area contributed by atoms with Gasteiger partial charge in [0.1, 0.15) is 4.90 Å². The zero-order valence-corrected chi connectivity index (χ0v) is 17.7. The Balaban J connectivity index is 1.71. The number of halogens is 2. The molecule has 1 aliphatic heterocycles. The van der Waals surface area contributed by atoms with Crippen molar-refractivity contribution in [1.29, 1.82) is 0 Å². The molecule has 2 N–H and O–H groups in total. The maximum Gasteiger partial charge on any atom is 0.342 e. The van der Waals surface area contributed by atoms with Gasteiger partial charge in [-0.1, -0.05) is 77.8 Å². The number of fused-ring (bicyclic) bond motifs is 1. The molecule has 3 aromatic carbocycles. The Kier molecular flexibility index (Phi) is 5.46. The normalized spacial score (nSPS) is 17.7. The lowest BCUT2D eigenvalue weighted by atomic mass is 10.0. The Morgan fingerprint density at radius 1 is 1.00 bits per heavy atom. The first-order valence-electron chi connectivity index (χ1n) is 8.92. The van der Waals surface area contributed by atoms with Crippen molar-refractivity contribution in [3.05, 3.63) is 82.3 Å². The maximum absolute atomic E-state index is 13.2. The van der Waals surface area contributed by atoms with E-state index in [0.29, 0.717) is 5.56 Å². The fourth-order valence-electron chi connectivity index (χ4n) is 3.38. The first-order chi connectivity index (χ1) is 14.3. The van der Waals surface area contributed by atoms with E-state index in [0.717, 1.165) is 15.4 Å². The highest BCUT2D eigenvalue weighted by Gasteiger charge is 2.43. The predicted molar refractivity (Wildman–Crippen MR) is 116 cm³/mol. The van der Waals surface area contributed by atoms with Crippen LogP contribution in [0.1, 0.15) is 5.56 Å². The molecule has 0 bridgehead atoms. The molecule has 9 heteroatoms. The van der Waals surface area contributed by atoms with Crippen LogP contribution in [0.15, 0.2) is 71.6 Å². The third-order valence-corrected chi connectivity index (χ3v) is 7.33. The van der Waals surface area contributed by atoms with E-state index < -0.39 is 22.2 Å². The van der Waals surface area contributed by atoms with Crippen LogP contribution in [0, 0.1) is 0 Å². The smallest absolute Gasteiger partial charge is 0.342 e. The molecule has 0 amide bonds. The van der Waals surface area contributed by atoms with E-state index in [9.17, 15) is 18.3 Å². The molecule has 3 aromatic rings. The van der Waals surface area contributed by atoms with Gasteiger partial charge in [-0.15, -0.1) is 0 Å². The van der Waals surface area contributed by atoms with E-state index in [1.165, 1.54) is 12.1 Å². The van der Waals surface area contributed by atoms with Crippen molar-refractivity contribution in [1.82, 2.24) is 4.31 Å². The molecule has 0 aliphatic carbocycles. The summed E-state index contributed by atoms with van der Waals surface area (Å²) in [5.74, 6) is -1.33. The van der Waals surface area contributed by atoms with Gasteiger partial charge in [0.15, 0.2) is 6.17 Å². The van der Waals surface area contributed by atoms with E-state index >= 15 is 0 Å². The van der Waals surface area contributed by atoms with Gasteiger partial charge in [0.05, 0.1) is 10.7 Å². The van der Waals surface area contributed by atoms with E-state index in [4.69, 9.17) is 23.2 Å². The maximum atomic E-state index is 13.2. The fraction of sp³-hybridized carbons (Fsp3) is 0.0952. The van der Waals surface area contributed by atoms with Crippen molar-refractivity contribution in [2.45, 2.75) is 17.6 Å². The van der Waals surface area contributed by atoms with E-state index in [-0.39, 0.29) is 27.2 Å². The van der Waals surface area contributed by atoms with E-state index in [1.54, 1.807) is 12.1 Å². The van der Waals surface area contributed by atoms with E-state index in [2.05, 4.69) is 5.32 Å². The lowest BCUT2D eigenvalue weighted by Crippen LogP contribution is -2.52. The van der Waals surface area contributed by atoms with Crippen molar-refractivity contribution in [2.75, 3.05) is 5.32 Å². The molecule has 154 valence electrons. The molecule has 0 saturated carbocycles. The zero-order valence-electron chi connectivity index (χ0n) is 15.4. The third kappa shape index (κ3) is 3.77. The Hall–Kier alpha value is -2.58. The largest absolute Gasteiger partial charge is 0.479 e. The number of sulfonamides is 1. The topological polar surface area (TPSA) is 86.7 Å². The molecular formula is C21H16Cl2N2O4S. The summed E-state index contributed by atoms with van der Waals surface area (Å²) in [6, 6.07) is 19.7. The van der Waals surface area contributed by atoms with Gasteiger partial charge in [0.25, 0.3) is 0 Å². The zero-order chi connectivity index (χ0) is 21.5. The number of hydrogen-bond acceptors (Lipinski definition) is 4. The molecule has 1 heterocycles. The summed E-state index contributed by atoms with van der Waals surface area (Å²) < 4.78 is 27.4. The molecule has 1 atom stereocenters. The number of aliphatic carboxylic acids is 1. The number of rotatable bonds is 4. The standard InChI is InChI=1S/C21H16Cl2N2O4S/c22-16-10-17(23)19-18(11-16)24-20(21(26)27)25(30(19,28)29)12-13-6-8-15(9-7-13)14-4-2-1-3-5-14/h1-11,20,24H,12H2,(H,26,27). The van der Waals surface area contributed by atoms with Crippen molar-refractivity contribution < 1.29 is 18.3 Å². The van der Waals surface area contributed by atoms with Crippen LogP contribution < -0.4 is 5.32 Å². The Bertz CT molecular complexity index is 1220. The van der Waals surface area contributed by atoms with Crippen LogP contribution in [0.4, 0.5) is 5.69 Å². The van der Waals surface area contributed by atoms with Gasteiger partial charge in [-0.2, -0.15) is 4.31 Å². The molecule has 0 saturated heterocycles. The Morgan fingerprint density at radius 3 is 2.27 bits per heavy atom. The number of carboxylic acid groups (broad SMARTS) is 1. The van der Waals surface area contributed by atoms with Crippen molar-refractivity contribution in [3.63, 3.8) is 0 Å². The highest BCUT2D eigenvalue weighted by Crippen LogP contribution is 2.40. The molecule has 30 heavy (non-hydrogen) atoms. The van der Waals surface area contributed by atoms with Gasteiger partial charge in [-0.25, -0.2) is 13.2 Å². The molecule has 0 aromatic heterocycles. The van der Waals surface area contributed by atoms with Crippen LogP contribution in [-0.4, -0.2) is 30.0 Å². The molecule has 4 rings (SSSR count). The molecule has 1 unspecified atom stereocenters. The van der Waals surface area contributed by atoms with Crippen LogP contribution in [0.5, 0.6) is 0 Å². The summed E-state index contributed by atoms with van der Waals surface area (Å²) >= 11 is 12.1. The average Bonchev–Trinajstić information content (AvgIpc) is 2.70. The summed E-state index contributed by atoms with van der Waals surface area (Å²) in [5, 5.41) is 12.5. The molecule has 6 nitrogen and oxygen atoms in total. The Labute approximate surface area is 183 Å². The number of hydrogen-bond donors (Lipinski definition) is 2. The second-order valence-corrected chi connectivity index (χ2v) is 9.43. The van der Waals surface area contributed by atoms with Gasteiger partial charge in [-0.3, -0.25) is 0 Å². The summed E-state index contributed by atoms with van der Waals surface area (Å²) in [6.45, 7) is -0.139. The summed E-state index contributed by atoms with van der Waals surface area (Å²) in [5.41, 5.74) is 2.70. The molecule has 0 spiro atoms. The van der Waals surface area contributed by atoms with Crippen LogP contribution in [0.2, 0.25) is 10.0 Å². The quantitative estimate of drug-likeness (QED) is 0.587. The second kappa shape index (κ2) is 7.92. The van der Waals surface area contributed by atoms with Crippen LogP contribution >= 0.6 is 23.2 Å². The SMILES string of the molecule is O=C(O)C1Nc2cc(Cl)cc(Cl)c2S(=O)(=O)N1Cc1ccc(-c2ccccc2)cc1. The minimum atomic E-state index is -4.19. The van der Waals surface area contributed by atoms with Gasteiger partial charge in [0, 0.05) is 11.6 Å². The number of nitrogens with one attached hydrogen (secondary N) is 1. The summed E-state index contributed by atoms with van der Waals surface area (Å²) in [4.78, 5) is 11.6. The molecular weight excluding hydrogens is 447 g/mol. The van der Waals surface area contributed by atoms with Gasteiger partial charge < -0.3 is 10.4 Å². The van der Waals surface area contributed by atoms with Gasteiger partial charge in [-0.05, 0) is 28.8 Å².